The standard InChI is InChI=1S/C15H22N4O2/c1-11(15(20)17-8-13-3-2-6-21-13)19-5-4-12-7-16-10-18-14(12)9-19/h7,10-11,13H,2-6,8-9H2,1H3,(H,17,20)/t11-,13-/m0/s1. The normalized spacial score (nSPS) is 23.6. The minimum Gasteiger partial charge on any atom is -0.376 e. The number of hydrogen-bond donors (Lipinski definition) is 1. The fourth-order valence-electron chi connectivity index (χ4n) is 2.93. The molecule has 1 fully saturated rings. The van der Waals surface area contributed by atoms with Crippen LogP contribution in [0.25, 0.3) is 0 Å². The van der Waals surface area contributed by atoms with Crippen molar-refractivity contribution in [3.8, 4) is 0 Å². The summed E-state index contributed by atoms with van der Waals surface area (Å²) in [5.74, 6) is 0.0722. The highest BCUT2D eigenvalue weighted by atomic mass is 16.5. The quantitative estimate of drug-likeness (QED) is 0.875. The van der Waals surface area contributed by atoms with Crippen LogP contribution in [-0.2, 0) is 22.5 Å². The molecule has 2 aliphatic rings. The van der Waals surface area contributed by atoms with E-state index in [-0.39, 0.29) is 18.1 Å². The van der Waals surface area contributed by atoms with Crippen LogP contribution in [0.3, 0.4) is 0 Å². The summed E-state index contributed by atoms with van der Waals surface area (Å²) >= 11 is 0. The average molecular weight is 290 g/mol. The Bertz CT molecular complexity index is 502. The lowest BCUT2D eigenvalue weighted by Crippen LogP contribution is -2.48. The number of aromatic nitrogens is 2. The van der Waals surface area contributed by atoms with Crippen LogP contribution in [0.2, 0.25) is 0 Å². The second kappa shape index (κ2) is 6.49. The molecule has 0 aromatic carbocycles. The lowest BCUT2D eigenvalue weighted by atomic mass is 10.1. The summed E-state index contributed by atoms with van der Waals surface area (Å²) in [4.78, 5) is 22.8. The van der Waals surface area contributed by atoms with Gasteiger partial charge in [-0.25, -0.2) is 9.97 Å². The molecule has 3 heterocycles. The van der Waals surface area contributed by atoms with Crippen molar-refractivity contribution in [1.29, 1.82) is 0 Å². The number of carbonyl (C=O) groups excluding carboxylic acids is 1. The molecule has 0 radical (unpaired) electrons. The maximum atomic E-state index is 12.3. The summed E-state index contributed by atoms with van der Waals surface area (Å²) in [6.45, 7) is 4.98. The van der Waals surface area contributed by atoms with E-state index in [1.165, 1.54) is 5.56 Å². The highest BCUT2D eigenvalue weighted by Crippen LogP contribution is 2.17. The van der Waals surface area contributed by atoms with Crippen molar-refractivity contribution < 1.29 is 9.53 Å². The van der Waals surface area contributed by atoms with Gasteiger partial charge in [0.25, 0.3) is 0 Å². The predicted molar refractivity (Wildman–Crippen MR) is 77.6 cm³/mol. The molecule has 1 N–H and O–H groups in total. The second-order valence-corrected chi connectivity index (χ2v) is 5.77. The number of rotatable bonds is 4. The Kier molecular flexibility index (Phi) is 4.45. The lowest BCUT2D eigenvalue weighted by Gasteiger charge is -2.32. The highest BCUT2D eigenvalue weighted by Gasteiger charge is 2.26. The van der Waals surface area contributed by atoms with Gasteiger partial charge in [-0.1, -0.05) is 0 Å². The number of carbonyl (C=O) groups is 1. The zero-order valence-electron chi connectivity index (χ0n) is 12.4. The summed E-state index contributed by atoms with van der Waals surface area (Å²) < 4.78 is 5.53. The van der Waals surface area contributed by atoms with Gasteiger partial charge in [-0.3, -0.25) is 9.69 Å². The van der Waals surface area contributed by atoms with E-state index in [1.54, 1.807) is 6.33 Å². The Morgan fingerprint density at radius 3 is 3.33 bits per heavy atom. The van der Waals surface area contributed by atoms with Gasteiger partial charge < -0.3 is 10.1 Å². The third-order valence-electron chi connectivity index (χ3n) is 4.36. The van der Waals surface area contributed by atoms with Crippen LogP contribution in [0.4, 0.5) is 0 Å². The van der Waals surface area contributed by atoms with Crippen molar-refractivity contribution >= 4 is 5.91 Å². The number of nitrogens with one attached hydrogen (secondary N) is 1. The Balaban J connectivity index is 1.53. The number of amides is 1. The van der Waals surface area contributed by atoms with Gasteiger partial charge >= 0.3 is 0 Å². The molecular formula is C15H22N4O2. The van der Waals surface area contributed by atoms with Crippen LogP contribution in [0.15, 0.2) is 12.5 Å². The largest absolute Gasteiger partial charge is 0.376 e. The fourth-order valence-corrected chi connectivity index (χ4v) is 2.93. The first-order chi connectivity index (χ1) is 10.2. The van der Waals surface area contributed by atoms with Crippen molar-refractivity contribution in [2.75, 3.05) is 19.7 Å². The van der Waals surface area contributed by atoms with E-state index in [4.69, 9.17) is 4.74 Å². The molecule has 21 heavy (non-hydrogen) atoms. The number of nitrogens with zero attached hydrogens (tertiary/aromatic N) is 3. The maximum absolute atomic E-state index is 12.3. The zero-order valence-corrected chi connectivity index (χ0v) is 12.4. The fraction of sp³-hybridized carbons (Fsp3) is 0.667. The van der Waals surface area contributed by atoms with Crippen LogP contribution >= 0.6 is 0 Å². The smallest absolute Gasteiger partial charge is 0.237 e. The molecule has 1 amide bonds. The third-order valence-corrected chi connectivity index (χ3v) is 4.36. The van der Waals surface area contributed by atoms with E-state index in [9.17, 15) is 4.79 Å². The van der Waals surface area contributed by atoms with Crippen molar-refractivity contribution in [2.24, 2.45) is 0 Å². The first-order valence-electron chi connectivity index (χ1n) is 7.65. The van der Waals surface area contributed by atoms with Gasteiger partial charge in [0.05, 0.1) is 17.8 Å². The van der Waals surface area contributed by atoms with Gasteiger partial charge in [0.1, 0.15) is 6.33 Å². The van der Waals surface area contributed by atoms with Crippen LogP contribution in [0.5, 0.6) is 0 Å². The Morgan fingerprint density at radius 1 is 1.62 bits per heavy atom. The molecule has 3 rings (SSSR count). The van der Waals surface area contributed by atoms with E-state index in [1.807, 2.05) is 13.1 Å². The van der Waals surface area contributed by atoms with E-state index < -0.39 is 0 Å². The summed E-state index contributed by atoms with van der Waals surface area (Å²) in [7, 11) is 0. The van der Waals surface area contributed by atoms with Gasteiger partial charge in [-0.05, 0) is 31.7 Å². The van der Waals surface area contributed by atoms with E-state index in [0.29, 0.717) is 13.1 Å². The maximum Gasteiger partial charge on any atom is 0.237 e. The number of ether oxygens (including phenoxy) is 1. The first-order valence-corrected chi connectivity index (χ1v) is 7.65. The minimum atomic E-state index is -0.144. The topological polar surface area (TPSA) is 67.3 Å². The van der Waals surface area contributed by atoms with Gasteiger partial charge in [-0.2, -0.15) is 0 Å². The van der Waals surface area contributed by atoms with Gasteiger partial charge in [0, 0.05) is 32.4 Å². The summed E-state index contributed by atoms with van der Waals surface area (Å²) in [5, 5.41) is 3.01. The number of hydrogen-bond acceptors (Lipinski definition) is 5. The van der Waals surface area contributed by atoms with Gasteiger partial charge in [-0.15, -0.1) is 0 Å². The minimum absolute atomic E-state index is 0.0722. The van der Waals surface area contributed by atoms with Crippen LogP contribution in [-0.4, -0.2) is 52.6 Å². The molecular weight excluding hydrogens is 268 g/mol. The van der Waals surface area contributed by atoms with Gasteiger partial charge in [0.15, 0.2) is 0 Å². The van der Waals surface area contributed by atoms with Crippen LogP contribution in [0, 0.1) is 0 Å². The molecule has 0 saturated carbocycles. The van der Waals surface area contributed by atoms with E-state index >= 15 is 0 Å². The Hall–Kier alpha value is -1.53. The average Bonchev–Trinajstić information content (AvgIpc) is 3.05. The van der Waals surface area contributed by atoms with Crippen molar-refractivity contribution in [3.05, 3.63) is 23.8 Å². The summed E-state index contributed by atoms with van der Waals surface area (Å²) in [6.07, 6.45) is 6.68. The van der Waals surface area contributed by atoms with E-state index in [0.717, 1.165) is 38.1 Å². The molecule has 1 aromatic heterocycles. The molecule has 6 nitrogen and oxygen atoms in total. The highest BCUT2D eigenvalue weighted by molar-refractivity contribution is 5.81. The summed E-state index contributed by atoms with van der Waals surface area (Å²) in [5.41, 5.74) is 2.23. The van der Waals surface area contributed by atoms with E-state index in [2.05, 4.69) is 20.2 Å². The van der Waals surface area contributed by atoms with Crippen molar-refractivity contribution in [2.45, 2.75) is 44.9 Å². The molecule has 0 bridgehead atoms. The molecule has 6 heteroatoms. The monoisotopic (exact) mass is 290 g/mol. The molecule has 1 aromatic rings. The first kappa shape index (κ1) is 14.4. The third kappa shape index (κ3) is 3.39. The molecule has 0 aliphatic carbocycles. The number of fused-ring (bicyclic) bond motifs is 1. The second-order valence-electron chi connectivity index (χ2n) is 5.77. The van der Waals surface area contributed by atoms with Crippen molar-refractivity contribution in [3.63, 3.8) is 0 Å². The lowest BCUT2D eigenvalue weighted by molar-refractivity contribution is -0.126. The summed E-state index contributed by atoms with van der Waals surface area (Å²) in [6, 6.07) is -0.144. The molecule has 114 valence electrons. The molecule has 0 spiro atoms. The zero-order chi connectivity index (χ0) is 14.7. The van der Waals surface area contributed by atoms with Crippen LogP contribution in [0.1, 0.15) is 31.0 Å². The Morgan fingerprint density at radius 2 is 2.52 bits per heavy atom. The SMILES string of the molecule is C[C@@H](C(=O)NC[C@@H]1CCCO1)N1CCc2cncnc2C1. The molecule has 2 atom stereocenters. The molecule has 1 saturated heterocycles. The van der Waals surface area contributed by atoms with Crippen molar-refractivity contribution in [1.82, 2.24) is 20.2 Å². The van der Waals surface area contributed by atoms with Crippen LogP contribution < -0.4 is 5.32 Å². The Labute approximate surface area is 124 Å². The predicted octanol–water partition coefficient (Wildman–Crippen LogP) is 0.518. The molecule has 0 unspecified atom stereocenters. The molecule has 2 aliphatic heterocycles. The van der Waals surface area contributed by atoms with Gasteiger partial charge in [0.2, 0.25) is 5.91 Å².